The molecule has 0 saturated heterocycles. The van der Waals surface area contributed by atoms with Crippen molar-refractivity contribution in [1.82, 2.24) is 5.32 Å². The fourth-order valence-electron chi connectivity index (χ4n) is 2.53. The second-order valence-corrected chi connectivity index (χ2v) is 4.98. The highest BCUT2D eigenvalue weighted by molar-refractivity contribution is 6.11. The van der Waals surface area contributed by atoms with Crippen LogP contribution in [0.5, 0.6) is 0 Å². The SMILES string of the molecule is O=C1NC(C2CC2)C(=O)N(CCF)c2ccccc21. The summed E-state index contributed by atoms with van der Waals surface area (Å²) in [7, 11) is 0. The Hall–Kier alpha value is -1.91. The van der Waals surface area contributed by atoms with Gasteiger partial charge in [-0.05, 0) is 30.9 Å². The highest BCUT2D eigenvalue weighted by Crippen LogP contribution is 2.36. The Morgan fingerprint density at radius 3 is 2.68 bits per heavy atom. The lowest BCUT2D eigenvalue weighted by Gasteiger charge is -2.24. The number of para-hydroxylation sites is 1. The molecule has 0 spiro atoms. The molecule has 1 atom stereocenters. The Morgan fingerprint density at radius 1 is 1.26 bits per heavy atom. The summed E-state index contributed by atoms with van der Waals surface area (Å²) < 4.78 is 12.7. The zero-order valence-electron chi connectivity index (χ0n) is 10.4. The number of rotatable bonds is 3. The molecule has 0 bridgehead atoms. The number of anilines is 1. The van der Waals surface area contributed by atoms with Crippen molar-refractivity contribution in [3.63, 3.8) is 0 Å². The van der Waals surface area contributed by atoms with Gasteiger partial charge < -0.3 is 10.2 Å². The maximum absolute atomic E-state index is 12.7. The van der Waals surface area contributed by atoms with Gasteiger partial charge in [0.05, 0.1) is 17.8 Å². The molecular formula is C14H15FN2O2. The van der Waals surface area contributed by atoms with Gasteiger partial charge in [-0.15, -0.1) is 0 Å². The van der Waals surface area contributed by atoms with E-state index >= 15 is 0 Å². The summed E-state index contributed by atoms with van der Waals surface area (Å²) in [4.78, 5) is 26.0. The van der Waals surface area contributed by atoms with E-state index in [2.05, 4.69) is 5.32 Å². The zero-order chi connectivity index (χ0) is 13.4. The lowest BCUT2D eigenvalue weighted by Crippen LogP contribution is -2.47. The van der Waals surface area contributed by atoms with Gasteiger partial charge in [0.15, 0.2) is 0 Å². The standard InChI is InChI=1S/C14H15FN2O2/c15-7-8-17-11-4-2-1-3-10(11)13(18)16-12(14(17)19)9-5-6-9/h1-4,9,12H,5-8H2,(H,16,18). The van der Waals surface area contributed by atoms with Crippen molar-refractivity contribution in [2.75, 3.05) is 18.1 Å². The Bertz CT molecular complexity index is 528. The normalized spacial score (nSPS) is 22.8. The summed E-state index contributed by atoms with van der Waals surface area (Å²) in [5, 5.41) is 2.78. The summed E-state index contributed by atoms with van der Waals surface area (Å²) in [6, 6.07) is 6.35. The average Bonchev–Trinajstić information content (AvgIpc) is 3.25. The molecule has 1 fully saturated rings. The number of carbonyl (C=O) groups excluding carboxylic acids is 2. The highest BCUT2D eigenvalue weighted by atomic mass is 19.1. The average molecular weight is 262 g/mol. The largest absolute Gasteiger partial charge is 0.340 e. The van der Waals surface area contributed by atoms with Gasteiger partial charge in [-0.2, -0.15) is 0 Å². The van der Waals surface area contributed by atoms with E-state index in [1.54, 1.807) is 24.3 Å². The van der Waals surface area contributed by atoms with Crippen molar-refractivity contribution in [2.24, 2.45) is 5.92 Å². The van der Waals surface area contributed by atoms with Gasteiger partial charge in [0, 0.05) is 0 Å². The molecule has 1 N–H and O–H groups in total. The Labute approximate surface area is 110 Å². The van der Waals surface area contributed by atoms with Crippen LogP contribution in [0.4, 0.5) is 10.1 Å². The molecule has 4 nitrogen and oxygen atoms in total. The van der Waals surface area contributed by atoms with Gasteiger partial charge in [0.2, 0.25) is 5.91 Å². The van der Waals surface area contributed by atoms with Crippen LogP contribution < -0.4 is 10.2 Å². The van der Waals surface area contributed by atoms with Crippen LogP contribution in [-0.2, 0) is 4.79 Å². The third-order valence-electron chi connectivity index (χ3n) is 3.66. The molecule has 1 aromatic rings. The first-order valence-corrected chi connectivity index (χ1v) is 6.49. The molecule has 100 valence electrons. The molecule has 1 aromatic carbocycles. The van der Waals surface area contributed by atoms with E-state index in [0.717, 1.165) is 12.8 Å². The van der Waals surface area contributed by atoms with E-state index in [1.165, 1.54) is 4.90 Å². The number of carbonyl (C=O) groups is 2. The molecule has 2 aliphatic rings. The first-order chi connectivity index (χ1) is 9.22. The third-order valence-corrected chi connectivity index (χ3v) is 3.66. The molecule has 3 rings (SSSR count). The number of halogens is 1. The maximum atomic E-state index is 12.7. The quantitative estimate of drug-likeness (QED) is 0.897. The number of nitrogens with one attached hydrogen (secondary N) is 1. The van der Waals surface area contributed by atoms with Crippen LogP contribution >= 0.6 is 0 Å². The lowest BCUT2D eigenvalue weighted by molar-refractivity contribution is -0.120. The van der Waals surface area contributed by atoms with E-state index in [-0.39, 0.29) is 24.3 Å². The molecule has 1 aliphatic heterocycles. The molecule has 5 heteroatoms. The molecule has 0 radical (unpaired) electrons. The number of amides is 2. The zero-order valence-corrected chi connectivity index (χ0v) is 10.4. The van der Waals surface area contributed by atoms with E-state index in [9.17, 15) is 14.0 Å². The van der Waals surface area contributed by atoms with Gasteiger partial charge in [-0.1, -0.05) is 12.1 Å². The predicted molar refractivity (Wildman–Crippen MR) is 68.7 cm³/mol. The van der Waals surface area contributed by atoms with Crippen molar-refractivity contribution in [3.05, 3.63) is 29.8 Å². The third kappa shape index (κ3) is 2.09. The smallest absolute Gasteiger partial charge is 0.254 e. The van der Waals surface area contributed by atoms with E-state index in [0.29, 0.717) is 11.3 Å². The minimum Gasteiger partial charge on any atom is -0.340 e. The fourth-order valence-corrected chi connectivity index (χ4v) is 2.53. The second-order valence-electron chi connectivity index (χ2n) is 4.98. The minimum absolute atomic E-state index is 0.00593. The number of hydrogen-bond acceptors (Lipinski definition) is 2. The number of nitrogens with zero attached hydrogens (tertiary/aromatic N) is 1. The van der Waals surface area contributed by atoms with Gasteiger partial charge >= 0.3 is 0 Å². The monoisotopic (exact) mass is 262 g/mol. The van der Waals surface area contributed by atoms with Gasteiger partial charge in [-0.25, -0.2) is 4.39 Å². The fraction of sp³-hybridized carbons (Fsp3) is 0.429. The van der Waals surface area contributed by atoms with E-state index < -0.39 is 12.7 Å². The number of fused-ring (bicyclic) bond motifs is 1. The molecule has 0 aromatic heterocycles. The molecule has 1 unspecified atom stereocenters. The minimum atomic E-state index is -0.619. The molecular weight excluding hydrogens is 247 g/mol. The topological polar surface area (TPSA) is 49.4 Å². The first-order valence-electron chi connectivity index (χ1n) is 6.49. The molecule has 2 amide bonds. The van der Waals surface area contributed by atoms with Crippen LogP contribution in [0, 0.1) is 5.92 Å². The van der Waals surface area contributed by atoms with E-state index in [1.807, 2.05) is 0 Å². The van der Waals surface area contributed by atoms with Crippen LogP contribution in [0.3, 0.4) is 0 Å². The van der Waals surface area contributed by atoms with Crippen molar-refractivity contribution in [2.45, 2.75) is 18.9 Å². The van der Waals surface area contributed by atoms with Crippen LogP contribution in [0.2, 0.25) is 0 Å². The van der Waals surface area contributed by atoms with Crippen molar-refractivity contribution in [1.29, 1.82) is 0 Å². The summed E-state index contributed by atoms with van der Waals surface area (Å²) in [6.07, 6.45) is 1.88. The molecule has 1 saturated carbocycles. The number of hydrogen-bond donors (Lipinski definition) is 1. The van der Waals surface area contributed by atoms with Crippen LogP contribution in [0.1, 0.15) is 23.2 Å². The number of benzene rings is 1. The van der Waals surface area contributed by atoms with Crippen molar-refractivity contribution < 1.29 is 14.0 Å². The second kappa shape index (κ2) is 4.64. The van der Waals surface area contributed by atoms with Gasteiger partial charge in [0.1, 0.15) is 12.7 Å². The maximum Gasteiger partial charge on any atom is 0.254 e. The van der Waals surface area contributed by atoms with Gasteiger partial charge in [-0.3, -0.25) is 9.59 Å². The van der Waals surface area contributed by atoms with Gasteiger partial charge in [0.25, 0.3) is 5.91 Å². The number of alkyl halides is 1. The summed E-state index contributed by atoms with van der Waals surface area (Å²) in [5.41, 5.74) is 0.943. The summed E-state index contributed by atoms with van der Waals surface area (Å²) in [5.74, 6) is -0.242. The Kier molecular flexibility index (Phi) is 2.97. The Balaban J connectivity index is 2.04. The first kappa shape index (κ1) is 12.1. The molecule has 1 heterocycles. The predicted octanol–water partition coefficient (Wildman–Crippen LogP) is 1.51. The van der Waals surface area contributed by atoms with Crippen molar-refractivity contribution in [3.8, 4) is 0 Å². The molecule has 19 heavy (non-hydrogen) atoms. The lowest BCUT2D eigenvalue weighted by atomic mass is 10.1. The molecule has 1 aliphatic carbocycles. The van der Waals surface area contributed by atoms with E-state index in [4.69, 9.17) is 0 Å². The van der Waals surface area contributed by atoms with Crippen molar-refractivity contribution >= 4 is 17.5 Å². The summed E-state index contributed by atoms with van der Waals surface area (Å²) >= 11 is 0. The van der Waals surface area contributed by atoms with Crippen LogP contribution in [0.25, 0.3) is 0 Å². The Morgan fingerprint density at radius 2 is 2.00 bits per heavy atom. The van der Waals surface area contributed by atoms with Crippen LogP contribution in [0.15, 0.2) is 24.3 Å². The summed E-state index contributed by atoms with van der Waals surface area (Å²) in [6.45, 7) is -0.625. The van der Waals surface area contributed by atoms with Crippen LogP contribution in [-0.4, -0.2) is 31.1 Å². The highest BCUT2D eigenvalue weighted by Gasteiger charge is 2.42.